The normalized spacial score (nSPS) is 11.8. The maximum atomic E-state index is 11.8. The van der Waals surface area contributed by atoms with Crippen LogP contribution >= 0.6 is 11.8 Å². The molecule has 8 heteroatoms. The van der Waals surface area contributed by atoms with E-state index in [0.717, 1.165) is 15.2 Å². The van der Waals surface area contributed by atoms with Gasteiger partial charge in [0.15, 0.2) is 0 Å². The Labute approximate surface area is 92.7 Å². The van der Waals surface area contributed by atoms with Crippen LogP contribution in [-0.4, -0.2) is 20.4 Å². The lowest BCUT2D eigenvalue weighted by Gasteiger charge is -2.07. The summed E-state index contributed by atoms with van der Waals surface area (Å²) in [6, 6.07) is 1.14. The summed E-state index contributed by atoms with van der Waals surface area (Å²) >= 11 is -0.256. The molecule has 0 spiro atoms. The lowest BCUT2D eigenvalue weighted by molar-refractivity contribution is -0.0328. The lowest BCUT2D eigenvalue weighted by Crippen LogP contribution is -2.38. The topological polar surface area (TPSA) is 44.0 Å². The Balaban J connectivity index is 2.79. The molecule has 0 aliphatic heterocycles. The fourth-order valence-corrected chi connectivity index (χ4v) is 1.58. The van der Waals surface area contributed by atoms with Gasteiger partial charge in [0.2, 0.25) is 0 Å². The SMILES string of the molecule is Cn1ccc(=O)n(CCSC(F)(F)F)c1=O. The Morgan fingerprint density at radius 2 is 2.00 bits per heavy atom. The average Bonchev–Trinajstić information content (AvgIpc) is 2.16. The molecule has 1 heterocycles. The Morgan fingerprint density at radius 3 is 2.56 bits per heavy atom. The van der Waals surface area contributed by atoms with Crippen molar-refractivity contribution in [3.05, 3.63) is 33.1 Å². The molecule has 0 fully saturated rings. The minimum absolute atomic E-state index is 0.253. The molecule has 4 nitrogen and oxygen atoms in total. The molecule has 0 saturated heterocycles. The maximum absolute atomic E-state index is 11.8. The summed E-state index contributed by atoms with van der Waals surface area (Å²) in [5.74, 6) is -0.358. The van der Waals surface area contributed by atoms with Crippen molar-refractivity contribution >= 4 is 11.8 Å². The summed E-state index contributed by atoms with van der Waals surface area (Å²) in [7, 11) is 1.43. The predicted octanol–water partition coefficient (Wildman–Crippen LogP) is 0.800. The number of aryl methyl sites for hydroxylation is 1. The second-order valence-electron chi connectivity index (χ2n) is 2.99. The van der Waals surface area contributed by atoms with Gasteiger partial charge in [0.25, 0.3) is 5.56 Å². The van der Waals surface area contributed by atoms with E-state index in [0.29, 0.717) is 0 Å². The summed E-state index contributed by atoms with van der Waals surface area (Å²) in [4.78, 5) is 22.6. The number of nitrogens with zero attached hydrogens (tertiary/aromatic N) is 2. The minimum Gasteiger partial charge on any atom is -0.303 e. The van der Waals surface area contributed by atoms with Gasteiger partial charge in [0.05, 0.1) is 0 Å². The van der Waals surface area contributed by atoms with Gasteiger partial charge >= 0.3 is 11.2 Å². The van der Waals surface area contributed by atoms with E-state index in [9.17, 15) is 22.8 Å². The molecule has 0 radical (unpaired) electrons. The van der Waals surface area contributed by atoms with E-state index in [4.69, 9.17) is 0 Å². The van der Waals surface area contributed by atoms with Crippen LogP contribution in [0.2, 0.25) is 0 Å². The van der Waals surface area contributed by atoms with E-state index in [1.807, 2.05) is 0 Å². The van der Waals surface area contributed by atoms with E-state index < -0.39 is 16.8 Å². The fourth-order valence-electron chi connectivity index (χ4n) is 1.07. The molecule has 1 aromatic heterocycles. The third-order valence-electron chi connectivity index (χ3n) is 1.82. The number of rotatable bonds is 3. The smallest absolute Gasteiger partial charge is 0.303 e. The Morgan fingerprint density at radius 1 is 1.38 bits per heavy atom. The van der Waals surface area contributed by atoms with Gasteiger partial charge in [-0.15, -0.1) is 0 Å². The first kappa shape index (κ1) is 12.9. The second kappa shape index (κ2) is 4.77. The van der Waals surface area contributed by atoms with Crippen LogP contribution in [0.15, 0.2) is 21.9 Å². The molecule has 0 bridgehead atoms. The molecular formula is C8H9F3N2O2S. The van der Waals surface area contributed by atoms with Gasteiger partial charge in [0, 0.05) is 31.6 Å². The van der Waals surface area contributed by atoms with Gasteiger partial charge in [0.1, 0.15) is 0 Å². The highest BCUT2D eigenvalue weighted by Crippen LogP contribution is 2.29. The number of alkyl halides is 3. The molecule has 1 aromatic rings. The van der Waals surface area contributed by atoms with E-state index in [1.165, 1.54) is 13.2 Å². The number of hydrogen-bond acceptors (Lipinski definition) is 3. The zero-order chi connectivity index (χ0) is 12.3. The first-order valence-corrected chi connectivity index (χ1v) is 5.27. The van der Waals surface area contributed by atoms with Gasteiger partial charge < -0.3 is 4.57 Å². The van der Waals surface area contributed by atoms with Crippen molar-refractivity contribution in [1.29, 1.82) is 0 Å². The molecule has 0 amide bonds. The lowest BCUT2D eigenvalue weighted by atomic mass is 10.6. The van der Waals surface area contributed by atoms with E-state index in [2.05, 4.69) is 0 Å². The molecule has 0 saturated carbocycles. The zero-order valence-corrected chi connectivity index (χ0v) is 9.14. The first-order chi connectivity index (χ1) is 7.31. The van der Waals surface area contributed by atoms with Crippen molar-refractivity contribution in [2.45, 2.75) is 12.1 Å². The predicted molar refractivity (Wildman–Crippen MR) is 54.5 cm³/mol. The molecule has 16 heavy (non-hydrogen) atoms. The van der Waals surface area contributed by atoms with Crippen LogP contribution in [0.3, 0.4) is 0 Å². The molecule has 0 aliphatic rings. The molecule has 0 atom stereocenters. The minimum atomic E-state index is -4.34. The van der Waals surface area contributed by atoms with E-state index >= 15 is 0 Å². The summed E-state index contributed by atoms with van der Waals surface area (Å²) in [6.45, 7) is -0.253. The standard InChI is InChI=1S/C8H9F3N2O2S/c1-12-3-2-6(14)13(7(12)15)4-5-16-8(9,10)11/h2-3H,4-5H2,1H3. The van der Waals surface area contributed by atoms with Crippen LogP contribution in [0.1, 0.15) is 0 Å². The largest absolute Gasteiger partial charge is 0.441 e. The fraction of sp³-hybridized carbons (Fsp3) is 0.500. The quantitative estimate of drug-likeness (QED) is 0.801. The monoisotopic (exact) mass is 254 g/mol. The summed E-state index contributed by atoms with van der Waals surface area (Å²) < 4.78 is 37.4. The van der Waals surface area contributed by atoms with E-state index in [1.54, 1.807) is 0 Å². The Kier molecular flexibility index (Phi) is 3.84. The number of thioether (sulfide) groups is 1. The molecule has 0 aliphatic carbocycles. The van der Waals surface area contributed by atoms with Crippen LogP contribution in [-0.2, 0) is 13.6 Å². The molecule has 0 aromatic carbocycles. The summed E-state index contributed by atoms with van der Waals surface area (Å²) in [6.07, 6.45) is 1.28. The highest BCUT2D eigenvalue weighted by molar-refractivity contribution is 8.00. The Hall–Kier alpha value is -1.18. The van der Waals surface area contributed by atoms with Crippen molar-refractivity contribution in [3.8, 4) is 0 Å². The van der Waals surface area contributed by atoms with Crippen molar-refractivity contribution < 1.29 is 13.2 Å². The first-order valence-electron chi connectivity index (χ1n) is 4.28. The second-order valence-corrected chi connectivity index (χ2v) is 4.15. The molecule has 0 N–H and O–H groups in total. The van der Waals surface area contributed by atoms with Crippen molar-refractivity contribution in [2.75, 3.05) is 5.75 Å². The van der Waals surface area contributed by atoms with Crippen molar-refractivity contribution in [2.24, 2.45) is 7.05 Å². The summed E-state index contributed by atoms with van der Waals surface area (Å²) in [5, 5.41) is 0. The number of hydrogen-bond donors (Lipinski definition) is 0. The van der Waals surface area contributed by atoms with Gasteiger partial charge in [-0.3, -0.25) is 9.36 Å². The van der Waals surface area contributed by atoms with Crippen LogP contribution in [0, 0.1) is 0 Å². The third kappa shape index (κ3) is 3.44. The van der Waals surface area contributed by atoms with Crippen LogP contribution in [0.4, 0.5) is 13.2 Å². The van der Waals surface area contributed by atoms with Gasteiger partial charge in [-0.25, -0.2) is 4.79 Å². The Bertz CT molecular complexity index is 477. The summed E-state index contributed by atoms with van der Waals surface area (Å²) in [5.41, 5.74) is -5.55. The van der Waals surface area contributed by atoms with Crippen LogP contribution in [0.5, 0.6) is 0 Å². The number of aromatic nitrogens is 2. The van der Waals surface area contributed by atoms with Crippen molar-refractivity contribution in [1.82, 2.24) is 9.13 Å². The highest BCUT2D eigenvalue weighted by Gasteiger charge is 2.27. The van der Waals surface area contributed by atoms with Crippen LogP contribution in [0.25, 0.3) is 0 Å². The van der Waals surface area contributed by atoms with Gasteiger partial charge in [-0.05, 0) is 11.8 Å². The molecule has 90 valence electrons. The molecule has 1 rings (SSSR count). The van der Waals surface area contributed by atoms with E-state index in [-0.39, 0.29) is 24.1 Å². The number of halogens is 3. The third-order valence-corrected chi connectivity index (χ3v) is 2.53. The van der Waals surface area contributed by atoms with Gasteiger partial charge in [-0.1, -0.05) is 0 Å². The molecular weight excluding hydrogens is 245 g/mol. The van der Waals surface area contributed by atoms with Gasteiger partial charge in [-0.2, -0.15) is 13.2 Å². The zero-order valence-electron chi connectivity index (χ0n) is 8.32. The maximum Gasteiger partial charge on any atom is 0.441 e. The average molecular weight is 254 g/mol. The molecule has 0 unspecified atom stereocenters. The highest BCUT2D eigenvalue weighted by atomic mass is 32.2. The van der Waals surface area contributed by atoms with Crippen LogP contribution < -0.4 is 11.2 Å². The van der Waals surface area contributed by atoms with Crippen molar-refractivity contribution in [3.63, 3.8) is 0 Å².